The molecule has 1 heterocycles. The van der Waals surface area contributed by atoms with Crippen LogP contribution in [0.3, 0.4) is 0 Å². The van der Waals surface area contributed by atoms with E-state index in [1.54, 1.807) is 0 Å². The van der Waals surface area contributed by atoms with Crippen molar-refractivity contribution in [2.75, 3.05) is 11.9 Å². The normalized spacial score (nSPS) is 10.1. The maximum atomic E-state index is 11.7. The van der Waals surface area contributed by atoms with Crippen molar-refractivity contribution in [1.29, 1.82) is 0 Å². The number of aromatic nitrogens is 1. The largest absolute Gasteiger partial charge is 0.355 e. The van der Waals surface area contributed by atoms with Gasteiger partial charge >= 0.3 is 0 Å². The lowest BCUT2D eigenvalue weighted by Crippen LogP contribution is -2.28. The average Bonchev–Trinajstić information content (AvgIpc) is 2.85. The van der Waals surface area contributed by atoms with Crippen LogP contribution in [0.15, 0.2) is 35.7 Å². The first-order valence-electron chi connectivity index (χ1n) is 6.66. The third-order valence-electron chi connectivity index (χ3n) is 2.75. The fourth-order valence-corrected chi connectivity index (χ4v) is 2.46. The molecular weight excluding hydrogens is 286 g/mol. The maximum absolute atomic E-state index is 11.7. The Hall–Kier alpha value is -2.21. The maximum Gasteiger partial charge on any atom is 0.227 e. The van der Waals surface area contributed by atoms with Crippen LogP contribution in [-0.2, 0) is 16.0 Å². The summed E-state index contributed by atoms with van der Waals surface area (Å²) >= 11 is 1.39. The van der Waals surface area contributed by atoms with E-state index in [-0.39, 0.29) is 18.2 Å². The van der Waals surface area contributed by atoms with E-state index in [4.69, 9.17) is 0 Å². The molecule has 2 amide bonds. The summed E-state index contributed by atoms with van der Waals surface area (Å²) in [6, 6.07) is 9.50. The second-order valence-electron chi connectivity index (χ2n) is 4.60. The fourth-order valence-electron chi connectivity index (χ4n) is 1.75. The molecule has 0 bridgehead atoms. The Bertz CT molecular complexity index is 610. The van der Waals surface area contributed by atoms with Gasteiger partial charge in [-0.05, 0) is 12.5 Å². The number of nitrogens with one attached hydrogen (secondary N) is 2. The van der Waals surface area contributed by atoms with E-state index in [1.165, 1.54) is 11.3 Å². The molecule has 5 nitrogen and oxygen atoms in total. The number of nitrogens with zero attached hydrogens (tertiary/aromatic N) is 1. The highest BCUT2D eigenvalue weighted by atomic mass is 32.1. The van der Waals surface area contributed by atoms with Crippen LogP contribution in [0.4, 0.5) is 5.13 Å². The van der Waals surface area contributed by atoms with E-state index < -0.39 is 0 Å². The summed E-state index contributed by atoms with van der Waals surface area (Å²) in [7, 11) is 0. The number of hydrogen-bond acceptors (Lipinski definition) is 4. The summed E-state index contributed by atoms with van der Waals surface area (Å²) in [5.74, 6) is -0.233. The van der Waals surface area contributed by atoms with Crippen LogP contribution in [0.25, 0.3) is 0 Å². The molecule has 0 atom stereocenters. The molecule has 2 N–H and O–H groups in total. The molecule has 0 spiro atoms. The highest BCUT2D eigenvalue weighted by Crippen LogP contribution is 2.14. The van der Waals surface area contributed by atoms with Crippen molar-refractivity contribution >= 4 is 28.3 Å². The third-order valence-corrected chi connectivity index (χ3v) is 3.62. The summed E-state index contributed by atoms with van der Waals surface area (Å²) in [6.07, 6.45) is 0.563. The van der Waals surface area contributed by atoms with Crippen molar-refractivity contribution in [3.8, 4) is 0 Å². The minimum Gasteiger partial charge on any atom is -0.355 e. The van der Waals surface area contributed by atoms with Crippen molar-refractivity contribution in [3.63, 3.8) is 0 Å². The number of benzene rings is 1. The number of carbonyl (C=O) groups is 2. The predicted molar refractivity (Wildman–Crippen MR) is 83.3 cm³/mol. The molecule has 0 saturated heterocycles. The summed E-state index contributed by atoms with van der Waals surface area (Å²) in [6.45, 7) is 2.19. The molecule has 2 rings (SSSR count). The van der Waals surface area contributed by atoms with Crippen LogP contribution >= 0.6 is 11.3 Å². The van der Waals surface area contributed by atoms with Crippen LogP contribution in [0.5, 0.6) is 0 Å². The molecule has 0 aliphatic heterocycles. The number of hydrogen-bond donors (Lipinski definition) is 2. The van der Waals surface area contributed by atoms with Gasteiger partial charge in [0, 0.05) is 18.3 Å². The van der Waals surface area contributed by atoms with Crippen molar-refractivity contribution in [2.24, 2.45) is 0 Å². The monoisotopic (exact) mass is 303 g/mol. The number of aryl methyl sites for hydroxylation is 1. The van der Waals surface area contributed by atoms with Crippen molar-refractivity contribution < 1.29 is 9.59 Å². The third kappa shape index (κ3) is 5.35. The van der Waals surface area contributed by atoms with Crippen LogP contribution in [-0.4, -0.2) is 23.3 Å². The van der Waals surface area contributed by atoms with E-state index >= 15 is 0 Å². The molecule has 2 aromatic rings. The molecule has 0 saturated carbocycles. The molecular formula is C15H17N3O2S. The van der Waals surface area contributed by atoms with Gasteiger partial charge in [-0.15, -0.1) is 11.3 Å². The van der Waals surface area contributed by atoms with Gasteiger partial charge in [0.25, 0.3) is 0 Å². The number of anilines is 1. The van der Waals surface area contributed by atoms with Crippen LogP contribution in [0.1, 0.15) is 17.7 Å². The summed E-state index contributed by atoms with van der Waals surface area (Å²) in [5.41, 5.74) is 1.84. The van der Waals surface area contributed by atoms with Crippen LogP contribution < -0.4 is 10.6 Å². The standard InChI is InChI=1S/C15H17N3O2S/c1-11-10-21-15(17-11)18-13(19)7-8-16-14(20)9-12-5-3-2-4-6-12/h2-6,10H,7-9H2,1H3,(H,16,20)(H,17,18,19). The molecule has 0 aliphatic carbocycles. The summed E-state index contributed by atoms with van der Waals surface area (Å²) < 4.78 is 0. The van der Waals surface area contributed by atoms with Crippen molar-refractivity contribution in [3.05, 3.63) is 47.0 Å². The van der Waals surface area contributed by atoms with E-state index in [2.05, 4.69) is 15.6 Å². The SMILES string of the molecule is Cc1csc(NC(=O)CCNC(=O)Cc2ccccc2)n1. The number of amides is 2. The Morgan fingerprint density at radius 2 is 1.95 bits per heavy atom. The lowest BCUT2D eigenvalue weighted by atomic mass is 10.1. The molecule has 110 valence electrons. The molecule has 1 aromatic carbocycles. The molecule has 1 aromatic heterocycles. The van der Waals surface area contributed by atoms with Crippen molar-refractivity contribution in [1.82, 2.24) is 10.3 Å². The zero-order valence-electron chi connectivity index (χ0n) is 11.8. The highest BCUT2D eigenvalue weighted by molar-refractivity contribution is 7.13. The molecule has 0 fully saturated rings. The second kappa shape index (κ2) is 7.54. The minimum atomic E-state index is -0.149. The van der Waals surface area contributed by atoms with E-state index in [0.29, 0.717) is 18.1 Å². The Morgan fingerprint density at radius 1 is 1.19 bits per heavy atom. The molecule has 0 unspecified atom stereocenters. The lowest BCUT2D eigenvalue weighted by molar-refractivity contribution is -0.120. The predicted octanol–water partition coefficient (Wildman–Crippen LogP) is 2.14. The first-order chi connectivity index (χ1) is 10.1. The topological polar surface area (TPSA) is 71.1 Å². The fraction of sp³-hybridized carbons (Fsp3) is 0.267. The van der Waals surface area contributed by atoms with Crippen LogP contribution in [0.2, 0.25) is 0 Å². The van der Waals surface area contributed by atoms with Crippen molar-refractivity contribution in [2.45, 2.75) is 19.8 Å². The van der Waals surface area contributed by atoms with Gasteiger partial charge in [-0.2, -0.15) is 0 Å². The number of rotatable bonds is 6. The van der Waals surface area contributed by atoms with Gasteiger partial charge in [0.15, 0.2) is 5.13 Å². The minimum absolute atomic E-state index is 0.0842. The summed E-state index contributed by atoms with van der Waals surface area (Å²) in [4.78, 5) is 27.5. The molecule has 6 heteroatoms. The van der Waals surface area contributed by atoms with Gasteiger partial charge in [-0.1, -0.05) is 30.3 Å². The Labute approximate surface area is 127 Å². The smallest absolute Gasteiger partial charge is 0.227 e. The first-order valence-corrected chi connectivity index (χ1v) is 7.54. The van der Waals surface area contributed by atoms with E-state index in [9.17, 15) is 9.59 Å². The highest BCUT2D eigenvalue weighted by Gasteiger charge is 2.07. The second-order valence-corrected chi connectivity index (χ2v) is 5.46. The van der Waals surface area contributed by atoms with Gasteiger partial charge in [0.2, 0.25) is 11.8 Å². The van der Waals surface area contributed by atoms with E-state index in [1.807, 2.05) is 42.6 Å². The van der Waals surface area contributed by atoms with Gasteiger partial charge in [-0.25, -0.2) is 4.98 Å². The Kier molecular flexibility index (Phi) is 5.45. The average molecular weight is 303 g/mol. The van der Waals surface area contributed by atoms with Gasteiger partial charge in [-0.3, -0.25) is 9.59 Å². The summed E-state index contributed by atoms with van der Waals surface area (Å²) in [5, 5.41) is 7.90. The Morgan fingerprint density at radius 3 is 2.62 bits per heavy atom. The molecule has 0 radical (unpaired) electrons. The molecule has 0 aliphatic rings. The van der Waals surface area contributed by atoms with Gasteiger partial charge in [0.05, 0.1) is 12.1 Å². The van der Waals surface area contributed by atoms with Gasteiger partial charge < -0.3 is 10.6 Å². The lowest BCUT2D eigenvalue weighted by Gasteiger charge is -2.05. The zero-order valence-corrected chi connectivity index (χ0v) is 12.6. The number of carbonyl (C=O) groups excluding carboxylic acids is 2. The van der Waals surface area contributed by atoms with Gasteiger partial charge in [0.1, 0.15) is 0 Å². The van der Waals surface area contributed by atoms with E-state index in [0.717, 1.165) is 11.3 Å². The molecule has 21 heavy (non-hydrogen) atoms. The zero-order chi connectivity index (χ0) is 15.1. The number of thiazole rings is 1. The van der Waals surface area contributed by atoms with Crippen LogP contribution in [0, 0.1) is 6.92 Å². The first kappa shape index (κ1) is 15.2. The Balaban J connectivity index is 1.67. The quantitative estimate of drug-likeness (QED) is 0.859.